The zero-order valence-electron chi connectivity index (χ0n) is 9.05. The normalized spacial score (nSPS) is 10.4. The second kappa shape index (κ2) is 5.14. The predicted octanol–water partition coefficient (Wildman–Crippen LogP) is 3.03. The molecule has 2 rings (SSSR count). The van der Waals surface area contributed by atoms with Crippen LogP contribution < -0.4 is 0 Å². The van der Waals surface area contributed by atoms with E-state index in [0.717, 1.165) is 15.5 Å². The Morgan fingerprint density at radius 1 is 1.19 bits per heavy atom. The summed E-state index contributed by atoms with van der Waals surface area (Å²) in [5.74, 6) is 0. The van der Waals surface area contributed by atoms with Crippen LogP contribution in [0.1, 0.15) is 11.1 Å². The van der Waals surface area contributed by atoms with Gasteiger partial charge in [0.15, 0.2) is 0 Å². The van der Waals surface area contributed by atoms with Crippen LogP contribution in [0.5, 0.6) is 0 Å². The molecule has 1 aromatic heterocycles. The molecule has 0 bridgehead atoms. The highest BCUT2D eigenvalue weighted by molar-refractivity contribution is 7.99. The van der Waals surface area contributed by atoms with Gasteiger partial charge in [0.1, 0.15) is 5.03 Å². The monoisotopic (exact) mass is 231 g/mol. The predicted molar refractivity (Wildman–Crippen MR) is 65.5 cm³/mol. The van der Waals surface area contributed by atoms with E-state index in [9.17, 15) is 0 Å². The number of hydrogen-bond acceptors (Lipinski definition) is 3. The Morgan fingerprint density at radius 2 is 1.94 bits per heavy atom. The Labute approximate surface area is 99.4 Å². The van der Waals surface area contributed by atoms with Gasteiger partial charge in [0.2, 0.25) is 0 Å². The molecule has 3 heteroatoms. The lowest BCUT2D eigenvalue weighted by atomic mass is 10.2. The summed E-state index contributed by atoms with van der Waals surface area (Å²) in [5, 5.41) is 9.93. The van der Waals surface area contributed by atoms with Gasteiger partial charge in [-0.25, -0.2) is 4.98 Å². The van der Waals surface area contributed by atoms with Gasteiger partial charge in [-0.2, -0.15) is 0 Å². The molecule has 16 heavy (non-hydrogen) atoms. The number of rotatable bonds is 3. The van der Waals surface area contributed by atoms with Crippen LogP contribution in [0, 0.1) is 6.92 Å². The summed E-state index contributed by atoms with van der Waals surface area (Å²) in [6.07, 6.45) is 1.82. The molecule has 0 aliphatic heterocycles. The molecule has 0 radical (unpaired) electrons. The van der Waals surface area contributed by atoms with E-state index in [2.05, 4.69) is 18.0 Å². The first-order chi connectivity index (χ1) is 7.78. The maximum Gasteiger partial charge on any atom is 0.101 e. The quantitative estimate of drug-likeness (QED) is 0.881. The molecule has 0 fully saturated rings. The standard InChI is InChI=1S/C13H13NOS/c1-10-6-7-14-13(8-10)16-12-4-2-11(9-15)3-5-12/h2-8,15H,9H2,1H3. The Bertz CT molecular complexity index is 468. The third-order valence-electron chi connectivity index (χ3n) is 2.22. The van der Waals surface area contributed by atoms with Gasteiger partial charge in [-0.1, -0.05) is 23.9 Å². The third-order valence-corrected chi connectivity index (χ3v) is 3.16. The van der Waals surface area contributed by atoms with Crippen LogP contribution in [0.15, 0.2) is 52.5 Å². The van der Waals surface area contributed by atoms with E-state index in [1.54, 1.807) is 11.8 Å². The largest absolute Gasteiger partial charge is 0.392 e. The highest BCUT2D eigenvalue weighted by atomic mass is 32.2. The van der Waals surface area contributed by atoms with Crippen LogP contribution in [0.3, 0.4) is 0 Å². The van der Waals surface area contributed by atoms with Crippen molar-refractivity contribution < 1.29 is 5.11 Å². The van der Waals surface area contributed by atoms with E-state index in [0.29, 0.717) is 0 Å². The lowest BCUT2D eigenvalue weighted by molar-refractivity contribution is 0.282. The number of hydrogen-bond donors (Lipinski definition) is 1. The Balaban J connectivity index is 2.14. The molecule has 1 aromatic carbocycles. The van der Waals surface area contributed by atoms with E-state index in [1.165, 1.54) is 5.56 Å². The molecule has 0 aliphatic carbocycles. The van der Waals surface area contributed by atoms with Crippen LogP contribution in [0.4, 0.5) is 0 Å². The Hall–Kier alpha value is -1.32. The molecule has 0 amide bonds. The van der Waals surface area contributed by atoms with Gasteiger partial charge in [0.05, 0.1) is 6.61 Å². The molecule has 1 heterocycles. The minimum Gasteiger partial charge on any atom is -0.392 e. The molecule has 2 aromatic rings. The lowest BCUT2D eigenvalue weighted by Crippen LogP contribution is -1.83. The van der Waals surface area contributed by atoms with Crippen molar-refractivity contribution in [1.82, 2.24) is 4.98 Å². The van der Waals surface area contributed by atoms with E-state index in [1.807, 2.05) is 36.5 Å². The maximum absolute atomic E-state index is 8.94. The molecule has 0 aliphatic rings. The lowest BCUT2D eigenvalue weighted by Gasteiger charge is -2.02. The van der Waals surface area contributed by atoms with Crippen LogP contribution in [0.25, 0.3) is 0 Å². The second-order valence-electron chi connectivity index (χ2n) is 3.58. The van der Waals surface area contributed by atoms with Crippen molar-refractivity contribution in [3.05, 3.63) is 53.7 Å². The van der Waals surface area contributed by atoms with E-state index in [4.69, 9.17) is 5.11 Å². The highest BCUT2D eigenvalue weighted by Gasteiger charge is 1.99. The minimum atomic E-state index is 0.0909. The van der Waals surface area contributed by atoms with Crippen molar-refractivity contribution in [3.8, 4) is 0 Å². The van der Waals surface area contributed by atoms with E-state index in [-0.39, 0.29) is 6.61 Å². The third kappa shape index (κ3) is 2.84. The van der Waals surface area contributed by atoms with Gasteiger partial charge in [-0.3, -0.25) is 0 Å². The molecule has 0 unspecified atom stereocenters. The first-order valence-corrected chi connectivity index (χ1v) is 5.90. The number of aliphatic hydroxyl groups excluding tert-OH is 1. The number of benzene rings is 1. The zero-order chi connectivity index (χ0) is 11.4. The minimum absolute atomic E-state index is 0.0909. The number of aryl methyl sites for hydroxylation is 1. The van der Waals surface area contributed by atoms with Crippen molar-refractivity contribution >= 4 is 11.8 Å². The second-order valence-corrected chi connectivity index (χ2v) is 4.67. The molecule has 82 valence electrons. The first kappa shape index (κ1) is 11.2. The molecule has 2 nitrogen and oxygen atoms in total. The van der Waals surface area contributed by atoms with Gasteiger partial charge in [-0.15, -0.1) is 0 Å². The van der Waals surface area contributed by atoms with Gasteiger partial charge < -0.3 is 5.11 Å². The van der Waals surface area contributed by atoms with Crippen molar-refractivity contribution in [2.45, 2.75) is 23.5 Å². The Morgan fingerprint density at radius 3 is 2.56 bits per heavy atom. The van der Waals surface area contributed by atoms with Crippen molar-refractivity contribution in [2.24, 2.45) is 0 Å². The van der Waals surface area contributed by atoms with Crippen molar-refractivity contribution in [1.29, 1.82) is 0 Å². The van der Waals surface area contributed by atoms with Crippen LogP contribution in [-0.2, 0) is 6.61 Å². The summed E-state index contributed by atoms with van der Waals surface area (Å²) < 4.78 is 0. The molecular weight excluding hydrogens is 218 g/mol. The SMILES string of the molecule is Cc1ccnc(Sc2ccc(CO)cc2)c1. The van der Waals surface area contributed by atoms with E-state index >= 15 is 0 Å². The fourth-order valence-corrected chi connectivity index (χ4v) is 2.22. The molecule has 0 spiro atoms. The average molecular weight is 231 g/mol. The summed E-state index contributed by atoms with van der Waals surface area (Å²) in [6, 6.07) is 11.9. The summed E-state index contributed by atoms with van der Waals surface area (Å²) in [6.45, 7) is 2.15. The van der Waals surface area contributed by atoms with E-state index < -0.39 is 0 Å². The molecule has 0 saturated heterocycles. The maximum atomic E-state index is 8.94. The highest BCUT2D eigenvalue weighted by Crippen LogP contribution is 2.26. The zero-order valence-corrected chi connectivity index (χ0v) is 9.87. The summed E-state index contributed by atoms with van der Waals surface area (Å²) in [4.78, 5) is 5.43. The summed E-state index contributed by atoms with van der Waals surface area (Å²) in [5.41, 5.74) is 2.14. The number of aromatic nitrogens is 1. The molecule has 0 atom stereocenters. The summed E-state index contributed by atoms with van der Waals surface area (Å²) >= 11 is 1.63. The number of pyridine rings is 1. The number of nitrogens with zero attached hydrogens (tertiary/aromatic N) is 1. The average Bonchev–Trinajstić information content (AvgIpc) is 2.30. The Kier molecular flexibility index (Phi) is 3.59. The van der Waals surface area contributed by atoms with Crippen LogP contribution in [0.2, 0.25) is 0 Å². The van der Waals surface area contributed by atoms with Gasteiger partial charge in [0.25, 0.3) is 0 Å². The molecular formula is C13H13NOS. The van der Waals surface area contributed by atoms with Gasteiger partial charge >= 0.3 is 0 Å². The van der Waals surface area contributed by atoms with Crippen LogP contribution >= 0.6 is 11.8 Å². The van der Waals surface area contributed by atoms with Gasteiger partial charge in [-0.05, 0) is 42.3 Å². The van der Waals surface area contributed by atoms with Crippen molar-refractivity contribution in [2.75, 3.05) is 0 Å². The smallest absolute Gasteiger partial charge is 0.101 e. The summed E-state index contributed by atoms with van der Waals surface area (Å²) in [7, 11) is 0. The first-order valence-electron chi connectivity index (χ1n) is 5.08. The van der Waals surface area contributed by atoms with Crippen molar-refractivity contribution in [3.63, 3.8) is 0 Å². The molecule has 0 saturated carbocycles. The fourth-order valence-electron chi connectivity index (χ4n) is 1.35. The number of aliphatic hydroxyl groups is 1. The van der Waals surface area contributed by atoms with Gasteiger partial charge in [0, 0.05) is 11.1 Å². The van der Waals surface area contributed by atoms with Crippen LogP contribution in [-0.4, -0.2) is 10.1 Å². The molecule has 1 N–H and O–H groups in total. The topological polar surface area (TPSA) is 33.1 Å². The fraction of sp³-hybridized carbons (Fsp3) is 0.154.